The monoisotopic (exact) mass is 442 g/mol. The van der Waals surface area contributed by atoms with Crippen LogP contribution in [0.5, 0.6) is 0 Å². The van der Waals surface area contributed by atoms with Crippen LogP contribution >= 0.6 is 11.6 Å². The van der Waals surface area contributed by atoms with Crippen molar-refractivity contribution in [2.24, 2.45) is 0 Å². The number of halogens is 1. The summed E-state index contributed by atoms with van der Waals surface area (Å²) in [5, 5.41) is 9.57. The predicted molar refractivity (Wildman–Crippen MR) is 127 cm³/mol. The molecule has 0 N–H and O–H groups in total. The fraction of sp³-hybridized carbons (Fsp3) is 0.0833. The van der Waals surface area contributed by atoms with Crippen LogP contribution in [0.3, 0.4) is 0 Å². The van der Waals surface area contributed by atoms with Crippen LogP contribution in [0, 0.1) is 0 Å². The Morgan fingerprint density at radius 2 is 1.72 bits per heavy atom. The largest absolute Gasteiger partial charge is 0.328 e. The molecule has 0 bridgehead atoms. The van der Waals surface area contributed by atoms with Gasteiger partial charge in [0.25, 0.3) is 11.7 Å². The van der Waals surface area contributed by atoms with Gasteiger partial charge < -0.3 is 9.80 Å². The van der Waals surface area contributed by atoms with E-state index in [4.69, 9.17) is 16.6 Å². The molecular formula is C24H19ClN6O. The van der Waals surface area contributed by atoms with E-state index >= 15 is 0 Å². The second kappa shape index (κ2) is 7.94. The Balaban J connectivity index is 1.64. The Labute approximate surface area is 189 Å². The summed E-state index contributed by atoms with van der Waals surface area (Å²) in [5.41, 5.74) is 2.94. The van der Waals surface area contributed by atoms with Gasteiger partial charge in [-0.15, -0.1) is 10.2 Å². The van der Waals surface area contributed by atoms with Gasteiger partial charge in [0.05, 0.1) is 16.8 Å². The molecule has 158 valence electrons. The molecule has 0 unspecified atom stereocenters. The number of nitrogens with zero attached hydrogens (tertiary/aromatic N) is 6. The van der Waals surface area contributed by atoms with Gasteiger partial charge in [-0.05, 0) is 42.5 Å². The van der Waals surface area contributed by atoms with Gasteiger partial charge in [-0.25, -0.2) is 0 Å². The van der Waals surface area contributed by atoms with Crippen LogP contribution in [0.1, 0.15) is 10.4 Å². The van der Waals surface area contributed by atoms with Crippen LogP contribution in [0.4, 0.5) is 17.2 Å². The quantitative estimate of drug-likeness (QED) is 0.393. The molecular weight excluding hydrogens is 424 g/mol. The highest BCUT2D eigenvalue weighted by Gasteiger charge is 2.22. The van der Waals surface area contributed by atoms with Gasteiger partial charge >= 0.3 is 0 Å². The fourth-order valence-corrected chi connectivity index (χ4v) is 3.96. The molecule has 3 aromatic carbocycles. The molecule has 8 heteroatoms. The molecule has 0 spiro atoms. The van der Waals surface area contributed by atoms with E-state index in [9.17, 15) is 4.79 Å². The summed E-state index contributed by atoms with van der Waals surface area (Å²) in [7, 11) is 3.66. The number of aromatic nitrogens is 4. The van der Waals surface area contributed by atoms with E-state index in [0.29, 0.717) is 22.2 Å². The lowest BCUT2D eigenvalue weighted by Gasteiger charge is -2.25. The summed E-state index contributed by atoms with van der Waals surface area (Å²) in [6.45, 7) is 0. The Kier molecular flexibility index (Phi) is 4.95. The van der Waals surface area contributed by atoms with Crippen molar-refractivity contribution in [1.29, 1.82) is 0 Å². The van der Waals surface area contributed by atoms with Gasteiger partial charge in [0.15, 0.2) is 0 Å². The summed E-state index contributed by atoms with van der Waals surface area (Å²) < 4.78 is 1.79. The zero-order valence-corrected chi connectivity index (χ0v) is 18.2. The fourth-order valence-electron chi connectivity index (χ4n) is 3.79. The molecule has 2 heterocycles. The molecule has 0 fully saturated rings. The van der Waals surface area contributed by atoms with Gasteiger partial charge in [0, 0.05) is 30.2 Å². The van der Waals surface area contributed by atoms with E-state index in [-0.39, 0.29) is 5.91 Å². The summed E-state index contributed by atoms with van der Waals surface area (Å²) in [6, 6.07) is 22.6. The van der Waals surface area contributed by atoms with E-state index < -0.39 is 0 Å². The Morgan fingerprint density at radius 1 is 0.969 bits per heavy atom. The minimum Gasteiger partial charge on any atom is -0.328 e. The van der Waals surface area contributed by atoms with Gasteiger partial charge in [-0.1, -0.05) is 41.9 Å². The number of amides is 1. The molecule has 2 aromatic heterocycles. The van der Waals surface area contributed by atoms with Crippen molar-refractivity contribution < 1.29 is 4.79 Å². The van der Waals surface area contributed by atoms with Gasteiger partial charge in [0.2, 0.25) is 0 Å². The Bertz CT molecular complexity index is 1450. The van der Waals surface area contributed by atoms with E-state index in [1.165, 1.54) is 0 Å². The number of fused-ring (bicyclic) bond motifs is 3. The number of anilines is 3. The maximum Gasteiger partial charge on any atom is 0.260 e. The minimum atomic E-state index is -0.116. The molecule has 0 aliphatic rings. The lowest BCUT2D eigenvalue weighted by atomic mass is 10.1. The van der Waals surface area contributed by atoms with E-state index in [2.05, 4.69) is 10.2 Å². The second-order valence-electron chi connectivity index (χ2n) is 7.37. The van der Waals surface area contributed by atoms with Crippen LogP contribution in [0.15, 0.2) is 79.1 Å². The lowest BCUT2D eigenvalue weighted by Crippen LogP contribution is -2.28. The molecule has 0 saturated heterocycles. The highest BCUT2D eigenvalue weighted by molar-refractivity contribution is 6.31. The van der Waals surface area contributed by atoms with Crippen LogP contribution in [0.2, 0.25) is 5.02 Å². The number of carbonyl (C=O) groups is 1. The average molecular weight is 443 g/mol. The maximum atomic E-state index is 13.4. The topological polar surface area (TPSA) is 66.6 Å². The molecule has 0 saturated carbocycles. The standard InChI is InChI=1S/C24H19ClN6O/c1-29(17-8-4-3-5-9-17)23(32)19-10-6-7-11-20(19)30(2)22-18-13-12-16(25)14-21(18)31-15-26-28-24(31)27-22/h3-15H,1-2H3. The number of para-hydroxylation sites is 2. The minimum absolute atomic E-state index is 0.116. The summed E-state index contributed by atoms with van der Waals surface area (Å²) >= 11 is 6.26. The smallest absolute Gasteiger partial charge is 0.260 e. The first-order valence-corrected chi connectivity index (χ1v) is 10.4. The Hall–Kier alpha value is -3.97. The van der Waals surface area contributed by atoms with Crippen LogP contribution in [-0.4, -0.2) is 39.6 Å². The van der Waals surface area contributed by atoms with Crippen molar-refractivity contribution in [2.45, 2.75) is 0 Å². The van der Waals surface area contributed by atoms with Crippen LogP contribution in [-0.2, 0) is 0 Å². The predicted octanol–water partition coefficient (Wildman–Crippen LogP) is 4.98. The maximum absolute atomic E-state index is 13.4. The third kappa shape index (κ3) is 3.33. The van der Waals surface area contributed by atoms with Crippen LogP contribution < -0.4 is 9.80 Å². The molecule has 0 aliphatic heterocycles. The van der Waals surface area contributed by atoms with Gasteiger partial charge in [0.1, 0.15) is 12.1 Å². The highest BCUT2D eigenvalue weighted by atomic mass is 35.5. The summed E-state index contributed by atoms with van der Waals surface area (Å²) in [6.07, 6.45) is 1.61. The number of carbonyl (C=O) groups excluding carboxylic acids is 1. The zero-order chi connectivity index (χ0) is 22.2. The van der Waals surface area contributed by atoms with Crippen molar-refractivity contribution in [3.63, 3.8) is 0 Å². The average Bonchev–Trinajstić information content (AvgIpc) is 3.32. The zero-order valence-electron chi connectivity index (χ0n) is 17.5. The van der Waals surface area contributed by atoms with E-state index in [1.807, 2.05) is 84.7 Å². The SMILES string of the molecule is CN(C(=O)c1ccccc1N(C)c1nc2nncn2c2cc(Cl)ccc12)c1ccccc1. The molecule has 1 amide bonds. The second-order valence-corrected chi connectivity index (χ2v) is 7.81. The first-order valence-electron chi connectivity index (χ1n) is 9.99. The van der Waals surface area contributed by atoms with Crippen molar-refractivity contribution >= 4 is 51.4 Å². The van der Waals surface area contributed by atoms with Crippen LogP contribution in [0.25, 0.3) is 16.7 Å². The Morgan fingerprint density at radius 3 is 2.53 bits per heavy atom. The first kappa shape index (κ1) is 20.0. The third-order valence-electron chi connectivity index (χ3n) is 5.46. The number of hydrogen-bond acceptors (Lipinski definition) is 5. The third-order valence-corrected chi connectivity index (χ3v) is 5.69. The summed E-state index contributed by atoms with van der Waals surface area (Å²) in [4.78, 5) is 21.7. The van der Waals surface area contributed by atoms with Crippen molar-refractivity contribution in [3.8, 4) is 0 Å². The normalized spacial score (nSPS) is 11.1. The van der Waals surface area contributed by atoms with Gasteiger partial charge in [-0.2, -0.15) is 4.98 Å². The van der Waals surface area contributed by atoms with Crippen molar-refractivity contribution in [3.05, 3.63) is 89.7 Å². The van der Waals surface area contributed by atoms with E-state index in [1.54, 1.807) is 22.7 Å². The van der Waals surface area contributed by atoms with Crippen molar-refractivity contribution in [1.82, 2.24) is 19.6 Å². The molecule has 0 aliphatic carbocycles. The van der Waals surface area contributed by atoms with Crippen molar-refractivity contribution in [2.75, 3.05) is 23.9 Å². The molecule has 32 heavy (non-hydrogen) atoms. The number of hydrogen-bond donors (Lipinski definition) is 0. The number of benzene rings is 3. The number of rotatable bonds is 4. The molecule has 5 rings (SSSR count). The molecule has 0 radical (unpaired) electrons. The lowest BCUT2D eigenvalue weighted by molar-refractivity contribution is 0.0993. The highest BCUT2D eigenvalue weighted by Crippen LogP contribution is 2.33. The van der Waals surface area contributed by atoms with Gasteiger partial charge in [-0.3, -0.25) is 9.20 Å². The first-order chi connectivity index (χ1) is 15.5. The molecule has 7 nitrogen and oxygen atoms in total. The molecule has 0 atom stereocenters. The summed E-state index contributed by atoms with van der Waals surface area (Å²) in [5.74, 6) is 0.987. The molecule has 5 aromatic rings. The van der Waals surface area contributed by atoms with E-state index in [0.717, 1.165) is 22.3 Å².